The topological polar surface area (TPSA) is 27.7 Å². The molecule has 2 rings (SSSR count). The zero-order valence-electron chi connectivity index (χ0n) is 10.9. The normalized spacial score (nSPS) is 18.6. The first kappa shape index (κ1) is 14.2. The van der Waals surface area contributed by atoms with Crippen molar-refractivity contribution < 1.29 is 13.7 Å². The van der Waals surface area contributed by atoms with Crippen molar-refractivity contribution in [2.24, 2.45) is 0 Å². The lowest BCUT2D eigenvalue weighted by molar-refractivity contribution is 0.216. The van der Waals surface area contributed by atoms with E-state index in [1.54, 1.807) is 13.4 Å². The Labute approximate surface area is 119 Å². The first-order chi connectivity index (χ1) is 9.36. The highest BCUT2D eigenvalue weighted by Gasteiger charge is 2.20. The van der Waals surface area contributed by atoms with Crippen molar-refractivity contribution >= 4 is 18.5 Å². The summed E-state index contributed by atoms with van der Waals surface area (Å²) in [7, 11) is 1.69. The number of hydrogen-bond donors (Lipinski definition) is 1. The number of benzene rings is 1. The van der Waals surface area contributed by atoms with Gasteiger partial charge in [0, 0.05) is 13.5 Å². The van der Waals surface area contributed by atoms with Gasteiger partial charge in [0.15, 0.2) is 0 Å². The van der Waals surface area contributed by atoms with E-state index in [1.165, 1.54) is 0 Å². The number of methoxy groups -OCH3 is 1. The second kappa shape index (κ2) is 7.38. The van der Waals surface area contributed by atoms with Gasteiger partial charge in [0.05, 0.1) is 19.5 Å². The van der Waals surface area contributed by atoms with Gasteiger partial charge in [-0.3, -0.25) is 0 Å². The van der Waals surface area contributed by atoms with Crippen LogP contribution in [0.5, 0.6) is 0 Å². The maximum Gasteiger partial charge on any atom is 0.127 e. The monoisotopic (exact) mass is 278 g/mol. The average Bonchev–Trinajstić information content (AvgIpc) is 2.95. The van der Waals surface area contributed by atoms with E-state index in [2.05, 4.69) is 25.1 Å². The molecule has 0 N–H and O–H groups in total. The van der Waals surface area contributed by atoms with Gasteiger partial charge in [0.1, 0.15) is 6.10 Å². The summed E-state index contributed by atoms with van der Waals surface area (Å²) in [4.78, 5) is 0. The van der Waals surface area contributed by atoms with Crippen LogP contribution in [0.25, 0.3) is 5.57 Å². The maximum absolute atomic E-state index is 5.64. The molecule has 19 heavy (non-hydrogen) atoms. The third kappa shape index (κ3) is 3.62. The highest BCUT2D eigenvalue weighted by Crippen LogP contribution is 2.29. The van der Waals surface area contributed by atoms with Crippen molar-refractivity contribution in [1.82, 2.24) is 0 Å². The van der Waals surface area contributed by atoms with Gasteiger partial charge >= 0.3 is 0 Å². The minimum absolute atomic E-state index is 0.0521. The summed E-state index contributed by atoms with van der Waals surface area (Å²) in [6.07, 6.45) is 6.78. The first-order valence-corrected chi connectivity index (χ1v) is 6.57. The Morgan fingerprint density at radius 1 is 1.47 bits per heavy atom. The van der Waals surface area contributed by atoms with Crippen molar-refractivity contribution in [1.29, 1.82) is 0 Å². The van der Waals surface area contributed by atoms with E-state index >= 15 is 0 Å². The Morgan fingerprint density at radius 2 is 2.32 bits per heavy atom. The number of hydrogen-bond acceptors (Lipinski definition) is 4. The molecule has 0 fully saturated rings. The van der Waals surface area contributed by atoms with Gasteiger partial charge in [0.2, 0.25) is 0 Å². The molecule has 0 amide bonds. The summed E-state index contributed by atoms with van der Waals surface area (Å²) in [5, 5.41) is 0. The van der Waals surface area contributed by atoms with E-state index in [-0.39, 0.29) is 6.10 Å². The molecule has 1 aromatic rings. The molecule has 1 unspecified atom stereocenters. The van der Waals surface area contributed by atoms with Gasteiger partial charge < -0.3 is 13.7 Å². The van der Waals surface area contributed by atoms with Crippen molar-refractivity contribution in [2.45, 2.75) is 19.1 Å². The van der Waals surface area contributed by atoms with Gasteiger partial charge in [-0.05, 0) is 35.7 Å². The molecule has 1 aromatic carbocycles. The molecule has 0 aromatic heterocycles. The molecule has 1 aliphatic rings. The van der Waals surface area contributed by atoms with E-state index < -0.39 is 0 Å². The summed E-state index contributed by atoms with van der Waals surface area (Å²) in [5.74, 6) is 0. The summed E-state index contributed by atoms with van der Waals surface area (Å²) < 4.78 is 15.8. The van der Waals surface area contributed by atoms with Crippen LogP contribution in [0.4, 0.5) is 0 Å². The minimum Gasteiger partial charge on any atom is -0.493 e. The van der Waals surface area contributed by atoms with Crippen LogP contribution < -0.4 is 0 Å². The van der Waals surface area contributed by atoms with Crippen LogP contribution in [0.2, 0.25) is 0 Å². The van der Waals surface area contributed by atoms with Gasteiger partial charge in [-0.2, -0.15) is 0 Å². The lowest BCUT2D eigenvalue weighted by Gasteiger charge is -2.18. The lowest BCUT2D eigenvalue weighted by atomic mass is 9.94. The van der Waals surface area contributed by atoms with Crippen LogP contribution in [0, 0.1) is 0 Å². The molecule has 0 saturated heterocycles. The smallest absolute Gasteiger partial charge is 0.127 e. The molecular weight excluding hydrogens is 260 g/mol. The summed E-state index contributed by atoms with van der Waals surface area (Å²) in [6, 6.07) is 8.12. The van der Waals surface area contributed by atoms with Crippen molar-refractivity contribution in [2.75, 3.05) is 13.7 Å². The SMILES string of the molecule is COC/C=C(\c1ccccc1COS)C1CC=CO1. The predicted octanol–water partition coefficient (Wildman–Crippen LogP) is 3.38. The zero-order chi connectivity index (χ0) is 13.5. The fourth-order valence-corrected chi connectivity index (χ4v) is 2.31. The Kier molecular flexibility index (Phi) is 5.51. The van der Waals surface area contributed by atoms with Gasteiger partial charge in [-0.15, -0.1) is 0 Å². The largest absolute Gasteiger partial charge is 0.493 e. The Bertz CT molecular complexity index is 460. The Morgan fingerprint density at radius 3 is 3.00 bits per heavy atom. The fourth-order valence-electron chi connectivity index (χ4n) is 2.17. The van der Waals surface area contributed by atoms with Crippen LogP contribution in [-0.2, 0) is 20.3 Å². The van der Waals surface area contributed by atoms with E-state index in [0.29, 0.717) is 13.2 Å². The van der Waals surface area contributed by atoms with E-state index in [9.17, 15) is 0 Å². The van der Waals surface area contributed by atoms with Crippen LogP contribution in [0.3, 0.4) is 0 Å². The summed E-state index contributed by atoms with van der Waals surface area (Å²) >= 11 is 3.84. The molecule has 1 heterocycles. The Hall–Kier alpha value is -1.23. The first-order valence-electron chi connectivity index (χ1n) is 6.21. The number of rotatable bonds is 6. The molecule has 4 heteroatoms. The fraction of sp³-hybridized carbons (Fsp3) is 0.333. The van der Waals surface area contributed by atoms with Gasteiger partial charge in [-0.25, -0.2) is 0 Å². The van der Waals surface area contributed by atoms with E-state index in [4.69, 9.17) is 13.7 Å². The molecule has 0 spiro atoms. The van der Waals surface area contributed by atoms with Crippen LogP contribution in [-0.4, -0.2) is 19.8 Å². The highest BCUT2D eigenvalue weighted by atomic mass is 32.1. The second-order valence-electron chi connectivity index (χ2n) is 4.28. The van der Waals surface area contributed by atoms with E-state index in [1.807, 2.05) is 24.3 Å². The molecule has 3 nitrogen and oxygen atoms in total. The van der Waals surface area contributed by atoms with E-state index in [0.717, 1.165) is 23.1 Å². The van der Waals surface area contributed by atoms with Crippen molar-refractivity contribution in [3.05, 3.63) is 53.8 Å². The molecule has 102 valence electrons. The second-order valence-corrected chi connectivity index (χ2v) is 4.54. The molecule has 0 bridgehead atoms. The average molecular weight is 278 g/mol. The van der Waals surface area contributed by atoms with Gasteiger partial charge in [0.25, 0.3) is 0 Å². The standard InChI is InChI=1S/C15H18O3S/c1-16-10-8-14(15-7-4-9-17-15)13-6-3-2-5-12(13)11-18-19/h2-6,8-9,15,19H,7,10-11H2,1H3/b14-8+. The summed E-state index contributed by atoms with van der Waals surface area (Å²) in [6.45, 7) is 1.02. The van der Waals surface area contributed by atoms with Crippen molar-refractivity contribution in [3.63, 3.8) is 0 Å². The molecule has 0 saturated carbocycles. The quantitative estimate of drug-likeness (QED) is 0.638. The third-order valence-corrected chi connectivity index (χ3v) is 3.18. The number of ether oxygens (including phenoxy) is 2. The van der Waals surface area contributed by atoms with Gasteiger partial charge in [-0.1, -0.05) is 30.3 Å². The maximum atomic E-state index is 5.64. The van der Waals surface area contributed by atoms with Crippen molar-refractivity contribution in [3.8, 4) is 0 Å². The lowest BCUT2D eigenvalue weighted by Crippen LogP contribution is -2.11. The van der Waals surface area contributed by atoms with Crippen LogP contribution in [0.1, 0.15) is 17.5 Å². The molecular formula is C15H18O3S. The van der Waals surface area contributed by atoms with Crippen LogP contribution >= 0.6 is 12.9 Å². The molecule has 0 aliphatic carbocycles. The third-order valence-electron chi connectivity index (χ3n) is 3.05. The van der Waals surface area contributed by atoms with Crippen LogP contribution in [0.15, 0.2) is 42.7 Å². The highest BCUT2D eigenvalue weighted by molar-refractivity contribution is 7.75. The molecule has 1 atom stereocenters. The minimum atomic E-state index is 0.0521. The Balaban J connectivity index is 2.31. The molecule has 1 aliphatic heterocycles. The summed E-state index contributed by atoms with van der Waals surface area (Å²) in [5.41, 5.74) is 3.35. The number of thiol groups is 1. The molecule has 0 radical (unpaired) electrons. The predicted molar refractivity (Wildman–Crippen MR) is 78.7 cm³/mol. The zero-order valence-corrected chi connectivity index (χ0v) is 11.8.